The number of halogens is 1. The number of hydrogen-bond acceptors (Lipinski definition) is 4. The summed E-state index contributed by atoms with van der Waals surface area (Å²) in [5.41, 5.74) is 3.26. The van der Waals surface area contributed by atoms with Gasteiger partial charge in [0.2, 0.25) is 0 Å². The molecule has 3 saturated heterocycles. The Hall–Kier alpha value is -2.50. The van der Waals surface area contributed by atoms with Crippen LogP contribution in [0, 0.1) is 17.7 Å². The highest BCUT2D eigenvalue weighted by Crippen LogP contribution is 2.43. The van der Waals surface area contributed by atoms with Crippen LogP contribution in [0.25, 0.3) is 22.2 Å². The summed E-state index contributed by atoms with van der Waals surface area (Å²) in [6.07, 6.45) is 2.85. The summed E-state index contributed by atoms with van der Waals surface area (Å²) in [7, 11) is 1.65. The minimum absolute atomic E-state index is 0.111. The fourth-order valence-electron chi connectivity index (χ4n) is 5.55. The van der Waals surface area contributed by atoms with Crippen LogP contribution >= 0.6 is 0 Å². The first-order valence-corrected chi connectivity index (χ1v) is 11.2. The van der Waals surface area contributed by atoms with Crippen LogP contribution in [0.15, 0.2) is 48.5 Å². The van der Waals surface area contributed by atoms with Crippen LogP contribution in [-0.2, 0) is 0 Å². The predicted molar refractivity (Wildman–Crippen MR) is 121 cm³/mol. The largest absolute Gasteiger partial charge is 0.497 e. The standard InChI is InChI=1S/C26H29FN2O2/c1-3-16-15-29-11-10-18(16)12-25(29)26(30)22-14-24(17-4-6-19(27)7-5-17)28-23-9-8-20(31-2)13-21(22)23/h4-9,13-14,16,18,25-26,30H,3,10-12,15H2,1-2H3/t16-,18+,25-,26+/m0/s1. The summed E-state index contributed by atoms with van der Waals surface area (Å²) in [5.74, 6) is 1.90. The van der Waals surface area contributed by atoms with Crippen molar-refractivity contribution in [2.75, 3.05) is 20.2 Å². The van der Waals surface area contributed by atoms with Crippen molar-refractivity contribution in [2.45, 2.75) is 38.3 Å². The minimum atomic E-state index is -0.614. The lowest BCUT2D eigenvalue weighted by Crippen LogP contribution is -2.55. The molecule has 0 saturated carbocycles. The van der Waals surface area contributed by atoms with Crippen molar-refractivity contribution in [3.8, 4) is 17.0 Å². The lowest BCUT2D eigenvalue weighted by atomic mass is 9.72. The molecule has 6 rings (SSSR count). The van der Waals surface area contributed by atoms with Crippen molar-refractivity contribution in [3.63, 3.8) is 0 Å². The second kappa shape index (κ2) is 8.21. The number of aromatic nitrogens is 1. The van der Waals surface area contributed by atoms with Crippen LogP contribution in [0.4, 0.5) is 4.39 Å². The Labute approximate surface area is 182 Å². The zero-order valence-electron chi connectivity index (χ0n) is 18.1. The number of hydrogen-bond donors (Lipinski definition) is 1. The van der Waals surface area contributed by atoms with Crippen molar-refractivity contribution in [1.29, 1.82) is 0 Å². The minimum Gasteiger partial charge on any atom is -0.497 e. The molecule has 5 heteroatoms. The molecule has 3 aliphatic rings. The van der Waals surface area contributed by atoms with Crippen LogP contribution in [0.5, 0.6) is 5.75 Å². The van der Waals surface area contributed by atoms with Gasteiger partial charge in [0.15, 0.2) is 0 Å². The maximum absolute atomic E-state index is 13.5. The van der Waals surface area contributed by atoms with Gasteiger partial charge in [-0.25, -0.2) is 9.37 Å². The molecular weight excluding hydrogens is 391 g/mol. The molecule has 5 atom stereocenters. The maximum atomic E-state index is 13.5. The van der Waals surface area contributed by atoms with Crippen molar-refractivity contribution in [2.24, 2.45) is 11.8 Å². The summed E-state index contributed by atoms with van der Waals surface area (Å²) >= 11 is 0. The smallest absolute Gasteiger partial charge is 0.123 e. The molecule has 162 valence electrons. The zero-order valence-corrected chi connectivity index (χ0v) is 18.1. The first-order valence-electron chi connectivity index (χ1n) is 11.2. The molecule has 1 unspecified atom stereocenters. The molecule has 3 aliphatic heterocycles. The second-order valence-electron chi connectivity index (χ2n) is 8.95. The van der Waals surface area contributed by atoms with Gasteiger partial charge in [-0.2, -0.15) is 0 Å². The topological polar surface area (TPSA) is 45.6 Å². The number of aliphatic hydroxyl groups is 1. The van der Waals surface area contributed by atoms with Crippen molar-refractivity contribution >= 4 is 10.9 Å². The predicted octanol–water partition coefficient (Wildman–Crippen LogP) is 5.20. The van der Waals surface area contributed by atoms with E-state index in [9.17, 15) is 9.50 Å². The van der Waals surface area contributed by atoms with Crippen molar-refractivity contribution in [3.05, 3.63) is 59.9 Å². The molecule has 4 nitrogen and oxygen atoms in total. The van der Waals surface area contributed by atoms with Gasteiger partial charge in [0.25, 0.3) is 0 Å². The first-order chi connectivity index (χ1) is 15.1. The van der Waals surface area contributed by atoms with E-state index in [4.69, 9.17) is 9.72 Å². The molecule has 1 aromatic heterocycles. The molecular formula is C26H29FN2O2. The summed E-state index contributed by atoms with van der Waals surface area (Å²) in [5, 5.41) is 12.5. The molecule has 3 aromatic rings. The third kappa shape index (κ3) is 3.70. The maximum Gasteiger partial charge on any atom is 0.123 e. The van der Waals surface area contributed by atoms with E-state index in [1.54, 1.807) is 19.2 Å². The number of methoxy groups -OCH3 is 1. The number of pyridine rings is 1. The highest BCUT2D eigenvalue weighted by Gasteiger charge is 2.42. The van der Waals surface area contributed by atoms with E-state index in [1.807, 2.05) is 24.3 Å². The van der Waals surface area contributed by atoms with Crippen LogP contribution in [0.2, 0.25) is 0 Å². The van der Waals surface area contributed by atoms with E-state index in [-0.39, 0.29) is 11.9 Å². The second-order valence-corrected chi connectivity index (χ2v) is 8.95. The number of aliphatic hydroxyl groups excluding tert-OH is 1. The molecule has 0 amide bonds. The van der Waals surface area contributed by atoms with E-state index >= 15 is 0 Å². The Morgan fingerprint density at radius 1 is 1.19 bits per heavy atom. The molecule has 0 radical (unpaired) electrons. The number of ether oxygens (including phenoxy) is 1. The van der Waals surface area contributed by atoms with Gasteiger partial charge in [-0.05, 0) is 85.3 Å². The van der Waals surface area contributed by atoms with E-state index in [2.05, 4.69) is 11.8 Å². The first kappa shape index (κ1) is 20.4. The van der Waals surface area contributed by atoms with Gasteiger partial charge in [0.05, 0.1) is 24.4 Å². The number of piperidine rings is 3. The Kier molecular flexibility index (Phi) is 5.40. The van der Waals surface area contributed by atoms with Gasteiger partial charge in [0.1, 0.15) is 11.6 Å². The molecule has 0 spiro atoms. The average molecular weight is 421 g/mol. The molecule has 31 heavy (non-hydrogen) atoms. The Balaban J connectivity index is 1.59. The number of benzene rings is 2. The number of nitrogens with zero attached hydrogens (tertiary/aromatic N) is 2. The van der Waals surface area contributed by atoms with Gasteiger partial charge in [-0.15, -0.1) is 0 Å². The van der Waals surface area contributed by atoms with E-state index in [0.717, 1.165) is 58.9 Å². The van der Waals surface area contributed by atoms with Crippen molar-refractivity contribution in [1.82, 2.24) is 9.88 Å². The van der Waals surface area contributed by atoms with Crippen LogP contribution < -0.4 is 4.74 Å². The van der Waals surface area contributed by atoms with Crippen LogP contribution in [0.3, 0.4) is 0 Å². The molecule has 2 aromatic carbocycles. The average Bonchev–Trinajstić information content (AvgIpc) is 2.83. The summed E-state index contributed by atoms with van der Waals surface area (Å²) in [6.45, 7) is 4.40. The van der Waals surface area contributed by atoms with Gasteiger partial charge in [0, 0.05) is 23.5 Å². The van der Waals surface area contributed by atoms with Crippen LogP contribution in [0.1, 0.15) is 37.9 Å². The zero-order chi connectivity index (χ0) is 21.5. The summed E-state index contributed by atoms with van der Waals surface area (Å²) < 4.78 is 18.9. The van der Waals surface area contributed by atoms with E-state index in [1.165, 1.54) is 25.0 Å². The highest BCUT2D eigenvalue weighted by molar-refractivity contribution is 5.87. The van der Waals surface area contributed by atoms with Crippen LogP contribution in [-0.4, -0.2) is 41.2 Å². The lowest BCUT2D eigenvalue weighted by molar-refractivity contribution is -0.0562. The van der Waals surface area contributed by atoms with Gasteiger partial charge < -0.3 is 9.84 Å². The molecule has 1 N–H and O–H groups in total. The SMILES string of the molecule is CC[C@H]1CN2CC[C@@H]1C[C@H]2[C@H](O)c1cc(-c2ccc(F)cc2)nc2ccc(OC)cc12. The molecule has 4 heterocycles. The summed E-state index contributed by atoms with van der Waals surface area (Å²) in [4.78, 5) is 7.28. The molecule has 3 fully saturated rings. The van der Waals surface area contributed by atoms with Crippen molar-refractivity contribution < 1.29 is 14.2 Å². The lowest BCUT2D eigenvalue weighted by Gasteiger charge is -2.51. The highest BCUT2D eigenvalue weighted by atomic mass is 19.1. The quantitative estimate of drug-likeness (QED) is 0.616. The Morgan fingerprint density at radius 2 is 2.00 bits per heavy atom. The summed E-state index contributed by atoms with van der Waals surface area (Å²) in [6, 6.07) is 14.2. The molecule has 2 bridgehead atoms. The van der Waals surface area contributed by atoms with E-state index in [0.29, 0.717) is 5.92 Å². The monoisotopic (exact) mass is 420 g/mol. The Morgan fingerprint density at radius 3 is 2.68 bits per heavy atom. The van der Waals surface area contributed by atoms with Gasteiger partial charge >= 0.3 is 0 Å². The fraction of sp³-hybridized carbons (Fsp3) is 0.423. The Bertz CT molecular complexity index is 1080. The number of fused-ring (bicyclic) bond motifs is 4. The fourth-order valence-corrected chi connectivity index (χ4v) is 5.55. The third-order valence-corrected chi connectivity index (χ3v) is 7.33. The van der Waals surface area contributed by atoms with Gasteiger partial charge in [-0.1, -0.05) is 13.3 Å². The van der Waals surface area contributed by atoms with Gasteiger partial charge in [-0.3, -0.25) is 4.90 Å². The normalized spacial score (nSPS) is 26.2. The number of rotatable bonds is 5. The van der Waals surface area contributed by atoms with E-state index < -0.39 is 6.10 Å². The third-order valence-electron chi connectivity index (χ3n) is 7.33. The molecule has 0 aliphatic carbocycles.